The summed E-state index contributed by atoms with van der Waals surface area (Å²) < 4.78 is 61.0. The lowest BCUT2D eigenvalue weighted by molar-refractivity contribution is -0.147. The number of likely N-dealkylation sites (tertiary alicyclic amines) is 1. The van der Waals surface area contributed by atoms with Gasteiger partial charge in [0.1, 0.15) is 11.7 Å². The number of methoxy groups -OCH3 is 2. The standard InChI is InChI=1S/C42H46ClF3N4O6/c1-40(39(51)52)15-16-50(23-40)22-26-17-32(42(44,45)46)38(49-37(26)55-4)56-34-14-12-28-27(7-5-8-29(28)34)30-9-6-10-31(35(30)43)33-13-11-25(36(48-33)54-3)21-47-20-24-18-41(2,53)19-24/h5-11,13,17,24,34,47,53H,12,14-16,18-23H2,1-4H3,(H,51,52)/t24?,34-,40+,41?/m0/s1. The van der Waals surface area contributed by atoms with Crippen LogP contribution in [0.1, 0.15) is 73.5 Å². The van der Waals surface area contributed by atoms with Crippen molar-refractivity contribution in [3.63, 3.8) is 0 Å². The SMILES string of the molecule is COc1nc(-c2cccc(-c3cccc4c3CC[C@@H]4Oc3nc(OC)c(CN4CC[C@@](C)(C(=O)O)C4)cc3C(F)(F)F)c2Cl)ccc1CNCC1CC(C)(O)C1. The molecule has 0 amide bonds. The van der Waals surface area contributed by atoms with Gasteiger partial charge >= 0.3 is 12.1 Å². The summed E-state index contributed by atoms with van der Waals surface area (Å²) in [5.41, 5.74) is 3.12. The number of pyridine rings is 2. The normalized spacial score (nSPS) is 23.4. The van der Waals surface area contributed by atoms with Crippen LogP contribution in [0, 0.1) is 11.3 Å². The quantitative estimate of drug-likeness (QED) is 0.122. The van der Waals surface area contributed by atoms with E-state index in [1.807, 2.05) is 55.5 Å². The Morgan fingerprint density at radius 1 is 0.982 bits per heavy atom. The molecule has 298 valence electrons. The minimum atomic E-state index is -4.77. The van der Waals surface area contributed by atoms with Crippen molar-refractivity contribution in [1.29, 1.82) is 0 Å². The molecule has 4 aromatic rings. The van der Waals surface area contributed by atoms with Gasteiger partial charge < -0.3 is 29.7 Å². The number of aliphatic hydroxyl groups is 1. The summed E-state index contributed by atoms with van der Waals surface area (Å²) in [6, 6.07) is 16.2. The minimum Gasteiger partial charge on any atom is -0.481 e. The van der Waals surface area contributed by atoms with Gasteiger partial charge in [0.2, 0.25) is 17.6 Å². The van der Waals surface area contributed by atoms with Crippen LogP contribution in [0.25, 0.3) is 22.4 Å². The molecule has 56 heavy (non-hydrogen) atoms. The van der Waals surface area contributed by atoms with Gasteiger partial charge in [-0.15, -0.1) is 0 Å². The summed E-state index contributed by atoms with van der Waals surface area (Å²) >= 11 is 7.13. The number of carbonyl (C=O) groups is 1. The van der Waals surface area contributed by atoms with E-state index >= 15 is 0 Å². The van der Waals surface area contributed by atoms with Crippen LogP contribution in [0.3, 0.4) is 0 Å². The first-order valence-corrected chi connectivity index (χ1v) is 19.1. The number of carboxylic acids is 1. The fraction of sp³-hybridized carbons (Fsp3) is 0.452. The second-order valence-electron chi connectivity index (χ2n) is 15.8. The first kappa shape index (κ1) is 39.8. The number of alkyl halides is 3. The number of rotatable bonds is 13. The molecule has 10 nitrogen and oxygen atoms in total. The summed E-state index contributed by atoms with van der Waals surface area (Å²) in [4.78, 5) is 22.6. The number of carboxylic acid groups (broad SMARTS) is 1. The molecule has 2 aromatic carbocycles. The van der Waals surface area contributed by atoms with Crippen LogP contribution >= 0.6 is 11.6 Å². The number of benzene rings is 2. The lowest BCUT2D eigenvalue weighted by atomic mass is 9.72. The highest BCUT2D eigenvalue weighted by molar-refractivity contribution is 6.36. The summed E-state index contributed by atoms with van der Waals surface area (Å²) in [5, 5.41) is 23.6. The van der Waals surface area contributed by atoms with Crippen molar-refractivity contribution in [3.05, 3.63) is 87.4 Å². The summed E-state index contributed by atoms with van der Waals surface area (Å²) in [7, 11) is 2.91. The van der Waals surface area contributed by atoms with Crippen molar-refractivity contribution in [1.82, 2.24) is 20.2 Å². The molecule has 7 rings (SSSR count). The Labute approximate surface area is 329 Å². The Hall–Kier alpha value is -4.43. The van der Waals surface area contributed by atoms with Crippen LogP contribution in [0.4, 0.5) is 13.2 Å². The molecule has 1 saturated carbocycles. The van der Waals surface area contributed by atoms with Crippen LogP contribution in [-0.4, -0.2) is 70.5 Å². The van der Waals surface area contributed by atoms with Gasteiger partial charge in [-0.3, -0.25) is 9.69 Å². The van der Waals surface area contributed by atoms with Gasteiger partial charge in [-0.1, -0.05) is 54.1 Å². The number of halogens is 4. The Kier molecular flexibility index (Phi) is 11.0. The van der Waals surface area contributed by atoms with Gasteiger partial charge in [0.05, 0.1) is 36.0 Å². The van der Waals surface area contributed by atoms with Crippen LogP contribution in [0.2, 0.25) is 5.02 Å². The Bertz CT molecular complexity index is 2120. The van der Waals surface area contributed by atoms with Crippen molar-refractivity contribution < 1.29 is 42.4 Å². The van der Waals surface area contributed by atoms with E-state index in [0.717, 1.165) is 53.3 Å². The maximum atomic E-state index is 14.6. The highest BCUT2D eigenvalue weighted by atomic mass is 35.5. The topological polar surface area (TPSA) is 126 Å². The first-order chi connectivity index (χ1) is 26.6. The lowest BCUT2D eigenvalue weighted by Crippen LogP contribution is -2.44. The number of ether oxygens (including phenoxy) is 3. The van der Waals surface area contributed by atoms with E-state index in [1.165, 1.54) is 7.11 Å². The number of hydrogen-bond donors (Lipinski definition) is 3. The summed E-state index contributed by atoms with van der Waals surface area (Å²) in [6.45, 7) is 5.51. The monoisotopic (exact) mass is 794 g/mol. The van der Waals surface area contributed by atoms with Gasteiger partial charge in [0, 0.05) is 41.9 Å². The fourth-order valence-electron chi connectivity index (χ4n) is 8.45. The van der Waals surface area contributed by atoms with Crippen LogP contribution in [0.15, 0.2) is 54.6 Å². The van der Waals surface area contributed by atoms with E-state index in [2.05, 4.69) is 10.3 Å². The zero-order valence-electron chi connectivity index (χ0n) is 31.8. The predicted octanol–water partition coefficient (Wildman–Crippen LogP) is 8.11. The molecule has 0 spiro atoms. The zero-order valence-corrected chi connectivity index (χ0v) is 32.6. The van der Waals surface area contributed by atoms with Crippen LogP contribution in [-0.2, 0) is 30.5 Å². The second-order valence-corrected chi connectivity index (χ2v) is 16.2. The molecule has 0 unspecified atom stereocenters. The van der Waals surface area contributed by atoms with Crippen molar-refractivity contribution in [3.8, 4) is 40.0 Å². The van der Waals surface area contributed by atoms with E-state index in [0.29, 0.717) is 60.4 Å². The molecular formula is C42H46ClF3N4O6. The van der Waals surface area contributed by atoms with Crippen LogP contribution in [0.5, 0.6) is 17.6 Å². The molecule has 2 fully saturated rings. The minimum absolute atomic E-state index is 0.00843. The van der Waals surface area contributed by atoms with E-state index in [9.17, 15) is 28.2 Å². The van der Waals surface area contributed by atoms with Crippen molar-refractivity contribution >= 4 is 17.6 Å². The van der Waals surface area contributed by atoms with E-state index < -0.39 is 40.7 Å². The van der Waals surface area contributed by atoms with E-state index in [4.69, 9.17) is 30.8 Å². The number of nitrogens with zero attached hydrogens (tertiary/aromatic N) is 3. The molecule has 1 saturated heterocycles. The third-order valence-electron chi connectivity index (χ3n) is 11.4. The smallest absolute Gasteiger partial charge is 0.421 e. The Balaban J connectivity index is 1.12. The van der Waals surface area contributed by atoms with Gasteiger partial charge in [-0.05, 0) is 93.8 Å². The predicted molar refractivity (Wildman–Crippen MR) is 205 cm³/mol. The lowest BCUT2D eigenvalue weighted by Gasteiger charge is -2.41. The molecule has 1 aliphatic heterocycles. The molecule has 2 aliphatic carbocycles. The average molecular weight is 795 g/mol. The summed E-state index contributed by atoms with van der Waals surface area (Å²) in [5.74, 6) is -0.615. The molecule has 3 N–H and O–H groups in total. The van der Waals surface area contributed by atoms with Crippen molar-refractivity contribution in [2.45, 2.75) is 76.9 Å². The number of nitrogens with one attached hydrogen (secondary N) is 1. The molecule has 0 bridgehead atoms. The molecule has 2 aromatic heterocycles. The average Bonchev–Trinajstić information content (AvgIpc) is 3.74. The largest absolute Gasteiger partial charge is 0.481 e. The highest BCUT2D eigenvalue weighted by Crippen LogP contribution is 2.46. The third kappa shape index (κ3) is 8.04. The van der Waals surface area contributed by atoms with Crippen molar-refractivity contribution in [2.24, 2.45) is 11.3 Å². The molecule has 3 heterocycles. The number of hydrogen-bond acceptors (Lipinski definition) is 9. The molecule has 0 radical (unpaired) electrons. The van der Waals surface area contributed by atoms with Crippen LogP contribution < -0.4 is 19.5 Å². The molecule has 14 heteroatoms. The maximum absolute atomic E-state index is 14.6. The number of fused-ring (bicyclic) bond motifs is 1. The van der Waals surface area contributed by atoms with Gasteiger partial charge in [-0.25, -0.2) is 4.98 Å². The zero-order chi connectivity index (χ0) is 40.0. The third-order valence-corrected chi connectivity index (χ3v) is 11.8. The second kappa shape index (κ2) is 15.5. The number of aliphatic carboxylic acids is 1. The van der Waals surface area contributed by atoms with Crippen molar-refractivity contribution in [2.75, 3.05) is 33.9 Å². The fourth-order valence-corrected chi connectivity index (χ4v) is 8.77. The number of aromatic nitrogens is 2. The Morgan fingerprint density at radius 2 is 1.68 bits per heavy atom. The molecule has 3 aliphatic rings. The molecule has 2 atom stereocenters. The van der Waals surface area contributed by atoms with E-state index in [1.54, 1.807) is 18.9 Å². The Morgan fingerprint density at radius 3 is 2.36 bits per heavy atom. The molecular weight excluding hydrogens is 749 g/mol. The van der Waals surface area contributed by atoms with Gasteiger partial charge in [-0.2, -0.15) is 18.2 Å². The maximum Gasteiger partial charge on any atom is 0.421 e. The highest BCUT2D eigenvalue weighted by Gasteiger charge is 2.42. The van der Waals surface area contributed by atoms with Gasteiger partial charge in [0.25, 0.3) is 0 Å². The first-order valence-electron chi connectivity index (χ1n) is 18.7. The summed E-state index contributed by atoms with van der Waals surface area (Å²) in [6.07, 6.45) is -2.59. The van der Waals surface area contributed by atoms with E-state index in [-0.39, 0.29) is 24.5 Å². The van der Waals surface area contributed by atoms with Gasteiger partial charge in [0.15, 0.2) is 0 Å².